The molecule has 0 bridgehead atoms. The van der Waals surface area contributed by atoms with Gasteiger partial charge in [-0.3, -0.25) is 0 Å². The number of benzene rings is 1. The minimum atomic E-state index is -1.06. The Morgan fingerprint density at radius 3 is 2.53 bits per heavy atom. The van der Waals surface area contributed by atoms with Crippen molar-refractivity contribution in [2.24, 2.45) is 0 Å². The molecule has 19 heavy (non-hydrogen) atoms. The summed E-state index contributed by atoms with van der Waals surface area (Å²) in [6.07, 6.45) is 0.242. The summed E-state index contributed by atoms with van der Waals surface area (Å²) in [6.45, 7) is 1.63. The van der Waals surface area contributed by atoms with Gasteiger partial charge in [0, 0.05) is 12.0 Å². The molecule has 0 fully saturated rings. The van der Waals surface area contributed by atoms with Crippen molar-refractivity contribution >= 4 is 11.9 Å². The number of rotatable bonds is 5. The van der Waals surface area contributed by atoms with Gasteiger partial charge in [-0.1, -0.05) is 0 Å². The Labute approximate surface area is 110 Å². The highest BCUT2D eigenvalue weighted by atomic mass is 19.1. The number of methoxy groups -OCH3 is 1. The zero-order valence-corrected chi connectivity index (χ0v) is 10.8. The van der Waals surface area contributed by atoms with Gasteiger partial charge in [0.2, 0.25) is 0 Å². The van der Waals surface area contributed by atoms with Crippen molar-refractivity contribution in [3.05, 3.63) is 29.6 Å². The minimum Gasteiger partial charge on any atom is -0.496 e. The van der Waals surface area contributed by atoms with Crippen LogP contribution in [0.1, 0.15) is 12.5 Å². The molecule has 0 aliphatic rings. The van der Waals surface area contributed by atoms with Gasteiger partial charge in [-0.15, -0.1) is 0 Å². The third kappa shape index (κ3) is 4.57. The Kier molecular flexibility index (Phi) is 5.78. The molecule has 0 saturated heterocycles. The molecule has 5 nitrogen and oxygen atoms in total. The van der Waals surface area contributed by atoms with E-state index in [9.17, 15) is 14.0 Å². The second kappa shape index (κ2) is 7.35. The molecule has 0 radical (unpaired) electrons. The topological polar surface area (TPSA) is 61.8 Å². The number of carbonyl (C=O) groups excluding carboxylic acids is 2. The predicted molar refractivity (Wildman–Crippen MR) is 64.2 cm³/mol. The molecule has 0 spiro atoms. The normalized spacial score (nSPS) is 9.84. The summed E-state index contributed by atoms with van der Waals surface area (Å²) >= 11 is 0. The maximum atomic E-state index is 13.1. The molecule has 0 aliphatic carbocycles. The number of carbonyl (C=O) groups is 2. The van der Waals surface area contributed by atoms with Crippen molar-refractivity contribution in [2.45, 2.75) is 13.3 Å². The second-order valence-corrected chi connectivity index (χ2v) is 3.56. The van der Waals surface area contributed by atoms with Crippen molar-refractivity contribution in [3.8, 4) is 5.75 Å². The van der Waals surface area contributed by atoms with Crippen molar-refractivity contribution in [1.82, 2.24) is 0 Å². The molecule has 104 valence electrons. The van der Waals surface area contributed by atoms with Crippen LogP contribution in [0.2, 0.25) is 0 Å². The fourth-order valence-electron chi connectivity index (χ4n) is 1.45. The van der Waals surface area contributed by atoms with Crippen LogP contribution in [-0.2, 0) is 25.5 Å². The highest BCUT2D eigenvalue weighted by Gasteiger charge is 2.16. The largest absolute Gasteiger partial charge is 0.496 e. The Morgan fingerprint density at radius 2 is 1.89 bits per heavy atom. The molecular formula is C13H15FO5. The van der Waals surface area contributed by atoms with Gasteiger partial charge in [0.1, 0.15) is 11.6 Å². The molecule has 1 aromatic rings. The van der Waals surface area contributed by atoms with Gasteiger partial charge in [-0.2, -0.15) is 0 Å². The first-order chi connectivity index (χ1) is 9.08. The molecule has 1 rings (SSSR count). The van der Waals surface area contributed by atoms with E-state index < -0.39 is 17.8 Å². The smallest absolute Gasteiger partial charge is 0.417 e. The summed E-state index contributed by atoms with van der Waals surface area (Å²) < 4.78 is 27.3. The van der Waals surface area contributed by atoms with E-state index in [1.165, 1.54) is 25.3 Å². The first-order valence-corrected chi connectivity index (χ1v) is 5.74. The molecule has 0 amide bonds. The molecule has 0 N–H and O–H groups in total. The summed E-state index contributed by atoms with van der Waals surface area (Å²) in [7, 11) is 1.46. The lowest BCUT2D eigenvalue weighted by molar-refractivity contribution is -0.167. The summed E-state index contributed by atoms with van der Waals surface area (Å²) in [5.41, 5.74) is 0.555. The van der Waals surface area contributed by atoms with Gasteiger partial charge < -0.3 is 14.2 Å². The van der Waals surface area contributed by atoms with Gasteiger partial charge in [-0.05, 0) is 25.1 Å². The Bertz CT molecular complexity index is 458. The summed E-state index contributed by atoms with van der Waals surface area (Å²) in [5, 5.41) is 0. The lowest BCUT2D eigenvalue weighted by atomic mass is 10.1. The molecule has 0 aliphatic heterocycles. The zero-order valence-electron chi connectivity index (χ0n) is 10.8. The van der Waals surface area contributed by atoms with E-state index in [0.29, 0.717) is 11.3 Å². The van der Waals surface area contributed by atoms with E-state index in [4.69, 9.17) is 9.47 Å². The Balaban J connectivity index is 2.51. The maximum absolute atomic E-state index is 13.1. The van der Waals surface area contributed by atoms with E-state index in [1.54, 1.807) is 6.92 Å². The number of ether oxygens (including phenoxy) is 3. The lowest BCUT2D eigenvalue weighted by Gasteiger charge is -2.08. The summed E-state index contributed by atoms with van der Waals surface area (Å²) in [5.74, 6) is -2.01. The molecule has 0 heterocycles. The number of hydrogen-bond acceptors (Lipinski definition) is 5. The highest BCUT2D eigenvalue weighted by molar-refractivity contribution is 6.29. The van der Waals surface area contributed by atoms with E-state index >= 15 is 0 Å². The van der Waals surface area contributed by atoms with Gasteiger partial charge in [0.05, 0.1) is 20.3 Å². The number of halogens is 1. The molecule has 0 unspecified atom stereocenters. The van der Waals surface area contributed by atoms with Gasteiger partial charge in [0.15, 0.2) is 0 Å². The maximum Gasteiger partial charge on any atom is 0.417 e. The van der Waals surface area contributed by atoms with Crippen LogP contribution in [-0.4, -0.2) is 32.3 Å². The van der Waals surface area contributed by atoms with Crippen molar-refractivity contribution in [1.29, 1.82) is 0 Å². The van der Waals surface area contributed by atoms with Gasteiger partial charge in [-0.25, -0.2) is 14.0 Å². The van der Waals surface area contributed by atoms with Crippen LogP contribution in [0.4, 0.5) is 4.39 Å². The predicted octanol–water partition coefficient (Wildman–Crippen LogP) is 1.48. The zero-order chi connectivity index (χ0) is 14.3. The van der Waals surface area contributed by atoms with Crippen molar-refractivity contribution in [2.75, 3.05) is 20.3 Å². The van der Waals surface area contributed by atoms with Crippen LogP contribution in [0.3, 0.4) is 0 Å². The standard InChI is InChI=1S/C13H15FO5/c1-3-18-12(15)13(16)19-7-6-9-8-10(14)4-5-11(9)17-2/h4-5,8H,3,6-7H2,1-2H3. The lowest BCUT2D eigenvalue weighted by Crippen LogP contribution is -2.21. The van der Waals surface area contributed by atoms with Crippen LogP contribution in [0.15, 0.2) is 18.2 Å². The van der Waals surface area contributed by atoms with Crippen LogP contribution >= 0.6 is 0 Å². The van der Waals surface area contributed by atoms with Crippen LogP contribution in [0, 0.1) is 5.82 Å². The average Bonchev–Trinajstić information content (AvgIpc) is 2.39. The van der Waals surface area contributed by atoms with E-state index in [-0.39, 0.29) is 19.6 Å². The first-order valence-electron chi connectivity index (χ1n) is 5.74. The SMILES string of the molecule is CCOC(=O)C(=O)OCCc1cc(F)ccc1OC. The molecule has 0 atom stereocenters. The average molecular weight is 270 g/mol. The van der Waals surface area contributed by atoms with Crippen LogP contribution in [0.5, 0.6) is 5.75 Å². The third-order valence-electron chi connectivity index (χ3n) is 2.29. The molecule has 6 heteroatoms. The van der Waals surface area contributed by atoms with E-state index in [2.05, 4.69) is 4.74 Å². The van der Waals surface area contributed by atoms with Crippen molar-refractivity contribution < 1.29 is 28.2 Å². The van der Waals surface area contributed by atoms with Gasteiger partial charge in [0.25, 0.3) is 0 Å². The van der Waals surface area contributed by atoms with E-state index in [0.717, 1.165) is 0 Å². The highest BCUT2D eigenvalue weighted by Crippen LogP contribution is 2.19. The van der Waals surface area contributed by atoms with Gasteiger partial charge >= 0.3 is 11.9 Å². The Hall–Kier alpha value is -2.11. The number of hydrogen-bond donors (Lipinski definition) is 0. The molecular weight excluding hydrogens is 255 g/mol. The monoisotopic (exact) mass is 270 g/mol. The quantitative estimate of drug-likeness (QED) is 0.599. The summed E-state index contributed by atoms with van der Waals surface area (Å²) in [4.78, 5) is 22.1. The third-order valence-corrected chi connectivity index (χ3v) is 2.29. The van der Waals surface area contributed by atoms with E-state index in [1.807, 2.05) is 0 Å². The van der Waals surface area contributed by atoms with Crippen LogP contribution in [0.25, 0.3) is 0 Å². The van der Waals surface area contributed by atoms with Crippen molar-refractivity contribution in [3.63, 3.8) is 0 Å². The molecule has 1 aromatic carbocycles. The second-order valence-electron chi connectivity index (χ2n) is 3.56. The minimum absolute atomic E-state index is 0.0581. The molecule has 0 saturated carbocycles. The fraction of sp³-hybridized carbons (Fsp3) is 0.385. The first kappa shape index (κ1) is 14.9. The number of esters is 2. The summed E-state index contributed by atoms with van der Waals surface area (Å²) in [6, 6.07) is 4.04. The Morgan fingerprint density at radius 1 is 1.21 bits per heavy atom. The molecule has 0 aromatic heterocycles. The van der Waals surface area contributed by atoms with Crippen LogP contribution < -0.4 is 4.74 Å². The fourth-order valence-corrected chi connectivity index (χ4v) is 1.45.